The molecule has 0 radical (unpaired) electrons. The summed E-state index contributed by atoms with van der Waals surface area (Å²) < 4.78 is 31.6. The van der Waals surface area contributed by atoms with Crippen LogP contribution in [0, 0.1) is 0 Å². The normalized spacial score (nSPS) is 8.23. The van der Waals surface area contributed by atoms with E-state index in [1.54, 1.807) is 31.4 Å². The maximum atomic E-state index is 8.63. The van der Waals surface area contributed by atoms with Gasteiger partial charge in [-0.3, -0.25) is 0 Å². The van der Waals surface area contributed by atoms with Gasteiger partial charge in [-0.25, -0.2) is 0 Å². The van der Waals surface area contributed by atoms with Crippen molar-refractivity contribution in [1.82, 2.24) is 0 Å². The molecule has 3 atom stereocenters. The molecule has 0 aromatic heterocycles. The molecule has 0 aliphatic rings. The summed E-state index contributed by atoms with van der Waals surface area (Å²) in [6, 6.07) is 37.6. The molecule has 0 spiro atoms. The molecule has 1 N–H and O–H groups in total. The summed E-state index contributed by atoms with van der Waals surface area (Å²) in [5.74, 6) is 2.85. The third kappa shape index (κ3) is 158. The topological polar surface area (TPSA) is 75.6 Å². The van der Waals surface area contributed by atoms with Crippen molar-refractivity contribution in [2.24, 2.45) is 0 Å². The largest absolute Gasteiger partial charge is 0.508 e. The standard InChI is InChI=1S/2C10H14O2.C9H12O2.C6H6O.4C3H8.12C2H6/c2*1-3-11-9(2)12-10-7-5-4-6-8-10;1-8(10-2)11-9-6-4-3-5-7-9;7-6-4-2-1-3-5-6;4*1-3-2;12*1-2/h2*4-9H,3H2,1-2H3;3-8H,1-2H3;1-5,7H;4*3H2,1-2H3;12*1-2H3. The minimum absolute atomic E-state index is 0.169. The van der Waals surface area contributed by atoms with Crippen molar-refractivity contribution in [2.45, 2.75) is 301 Å². The van der Waals surface area contributed by atoms with E-state index < -0.39 is 0 Å². The van der Waals surface area contributed by atoms with Gasteiger partial charge in [0, 0.05) is 20.3 Å². The molecule has 0 aliphatic carbocycles. The summed E-state index contributed by atoms with van der Waals surface area (Å²) in [6.45, 7) is 75.9. The van der Waals surface area contributed by atoms with Gasteiger partial charge in [-0.2, -0.15) is 0 Å². The van der Waals surface area contributed by atoms with Crippen molar-refractivity contribution >= 4 is 0 Å². The first-order chi connectivity index (χ1) is 38.0. The van der Waals surface area contributed by atoms with E-state index in [9.17, 15) is 0 Å². The zero-order chi connectivity index (χ0) is 65.7. The molecule has 0 amide bonds. The number of benzene rings is 4. The molecule has 0 aliphatic heterocycles. The fraction of sp³-hybridized carbons (Fsp3) is 0.662. The molecule has 7 heteroatoms. The zero-order valence-corrected chi connectivity index (χ0v) is 60.4. The van der Waals surface area contributed by atoms with Gasteiger partial charge in [-0.05, 0) is 83.1 Å². The number of para-hydroxylation sites is 4. The Balaban J connectivity index is -0.0000000395. The van der Waals surface area contributed by atoms with Gasteiger partial charge in [0.1, 0.15) is 23.0 Å². The molecule has 0 saturated carbocycles. The van der Waals surface area contributed by atoms with Gasteiger partial charge in [-0.1, -0.05) is 320 Å². The summed E-state index contributed by atoms with van der Waals surface area (Å²) in [5, 5.41) is 8.63. The highest BCUT2D eigenvalue weighted by Gasteiger charge is 2.01. The van der Waals surface area contributed by atoms with Crippen LogP contribution in [0.3, 0.4) is 0 Å². The lowest BCUT2D eigenvalue weighted by atomic mass is 10.3. The maximum Gasteiger partial charge on any atom is 0.196 e. The Kier molecular flexibility index (Phi) is 237. The van der Waals surface area contributed by atoms with Crippen LogP contribution in [-0.2, 0) is 14.2 Å². The van der Waals surface area contributed by atoms with Crippen LogP contribution in [0.25, 0.3) is 0 Å². The van der Waals surface area contributed by atoms with Crippen LogP contribution >= 0.6 is 0 Å². The van der Waals surface area contributed by atoms with E-state index in [2.05, 4.69) is 55.4 Å². The molecule has 4 aromatic rings. The highest BCUT2D eigenvalue weighted by atomic mass is 16.7. The van der Waals surface area contributed by atoms with E-state index in [4.69, 9.17) is 33.5 Å². The molecule has 0 bridgehead atoms. The van der Waals surface area contributed by atoms with Crippen molar-refractivity contribution in [3.63, 3.8) is 0 Å². The predicted octanol–water partition coefficient (Wildman–Crippen LogP) is 26.3. The fourth-order valence-electron chi connectivity index (χ4n) is 3.09. The van der Waals surface area contributed by atoms with Crippen molar-refractivity contribution in [3.8, 4) is 23.0 Å². The number of ether oxygens (including phenoxy) is 6. The number of methoxy groups -OCH3 is 1. The van der Waals surface area contributed by atoms with Gasteiger partial charge in [0.05, 0.1) is 0 Å². The van der Waals surface area contributed by atoms with Crippen LogP contribution in [0.1, 0.15) is 282 Å². The van der Waals surface area contributed by atoms with E-state index in [-0.39, 0.29) is 18.9 Å². The lowest BCUT2D eigenvalue weighted by Gasteiger charge is -2.13. The van der Waals surface area contributed by atoms with Crippen LogP contribution in [-0.4, -0.2) is 44.3 Å². The summed E-state index contributed by atoms with van der Waals surface area (Å²) >= 11 is 0. The van der Waals surface area contributed by atoms with E-state index >= 15 is 0 Å². The molecular formula is C71H150O7. The van der Waals surface area contributed by atoms with Crippen molar-refractivity contribution in [1.29, 1.82) is 0 Å². The highest BCUT2D eigenvalue weighted by Crippen LogP contribution is 2.12. The van der Waals surface area contributed by atoms with Crippen molar-refractivity contribution in [3.05, 3.63) is 121 Å². The molecule has 3 unspecified atom stereocenters. The van der Waals surface area contributed by atoms with E-state index in [1.165, 1.54) is 25.7 Å². The highest BCUT2D eigenvalue weighted by molar-refractivity contribution is 5.22. The molecule has 0 fully saturated rings. The molecule has 78 heavy (non-hydrogen) atoms. The third-order valence-corrected chi connectivity index (χ3v) is 5.03. The number of aromatic hydroxyl groups is 1. The predicted molar refractivity (Wildman–Crippen MR) is 368 cm³/mol. The maximum absolute atomic E-state index is 8.63. The van der Waals surface area contributed by atoms with E-state index in [0.29, 0.717) is 19.0 Å². The molecule has 0 saturated heterocycles. The van der Waals surface area contributed by atoms with Gasteiger partial charge in [0.25, 0.3) is 0 Å². The Labute approximate surface area is 496 Å². The van der Waals surface area contributed by atoms with Gasteiger partial charge in [0.2, 0.25) is 0 Å². The summed E-state index contributed by atoms with van der Waals surface area (Å²) in [5.41, 5.74) is 0. The molecular weight excluding hydrogens is 965 g/mol. The molecule has 0 heterocycles. The quantitative estimate of drug-likeness (QED) is 0.150. The van der Waals surface area contributed by atoms with Gasteiger partial charge < -0.3 is 33.5 Å². The Morgan fingerprint density at radius 1 is 0.282 bits per heavy atom. The van der Waals surface area contributed by atoms with Crippen LogP contribution in [0.15, 0.2) is 121 Å². The molecule has 4 rings (SSSR count). The first-order valence-electron chi connectivity index (χ1n) is 31.7. The zero-order valence-electron chi connectivity index (χ0n) is 60.4. The Hall–Kier alpha value is -4.04. The first-order valence-corrected chi connectivity index (χ1v) is 31.7. The average Bonchev–Trinajstić information content (AvgIpc) is 3.51. The fourth-order valence-corrected chi connectivity index (χ4v) is 3.09. The summed E-state index contributed by atoms with van der Waals surface area (Å²) in [4.78, 5) is 0. The van der Waals surface area contributed by atoms with Crippen LogP contribution in [0.2, 0.25) is 0 Å². The number of phenols is 1. The minimum atomic E-state index is -0.183. The lowest BCUT2D eigenvalue weighted by molar-refractivity contribution is -0.0616. The average molecular weight is 1120 g/mol. The second-order valence-electron chi connectivity index (χ2n) is 11.3. The monoisotopic (exact) mass is 1120 g/mol. The third-order valence-electron chi connectivity index (χ3n) is 5.03. The molecule has 476 valence electrons. The van der Waals surface area contributed by atoms with E-state index in [0.717, 1.165) is 17.2 Å². The number of phenolic OH excluding ortho intramolecular Hbond substituents is 1. The summed E-state index contributed by atoms with van der Waals surface area (Å²) in [6.07, 6.45) is 4.48. The van der Waals surface area contributed by atoms with Crippen molar-refractivity contribution in [2.75, 3.05) is 20.3 Å². The second-order valence-corrected chi connectivity index (χ2v) is 11.3. The lowest BCUT2D eigenvalue weighted by Crippen LogP contribution is -2.15. The van der Waals surface area contributed by atoms with Crippen LogP contribution < -0.4 is 14.2 Å². The van der Waals surface area contributed by atoms with Crippen LogP contribution in [0.4, 0.5) is 0 Å². The molecule has 7 nitrogen and oxygen atoms in total. The summed E-state index contributed by atoms with van der Waals surface area (Å²) in [7, 11) is 1.62. The Morgan fingerprint density at radius 2 is 0.436 bits per heavy atom. The molecule has 4 aromatic carbocycles. The van der Waals surface area contributed by atoms with Gasteiger partial charge in [0.15, 0.2) is 18.9 Å². The first kappa shape index (κ1) is 117. The Bertz CT molecular complexity index is 1130. The van der Waals surface area contributed by atoms with E-state index in [1.807, 2.05) is 298 Å². The SMILES string of the molecule is CC.CC.CC.CC.CC.CC.CC.CC.CC.CC.CC.CC.CCC.CCC.CCC.CCC.CCOC(C)Oc1ccccc1.CCOC(C)Oc1ccccc1.COC(C)Oc1ccccc1.Oc1ccccc1. The number of hydrogen-bond donors (Lipinski definition) is 1. The van der Waals surface area contributed by atoms with Gasteiger partial charge >= 0.3 is 0 Å². The van der Waals surface area contributed by atoms with Crippen LogP contribution in [0.5, 0.6) is 23.0 Å². The second kappa shape index (κ2) is 158. The Morgan fingerprint density at radius 3 is 0.564 bits per heavy atom. The number of rotatable bonds is 11. The number of hydrogen-bond acceptors (Lipinski definition) is 7. The smallest absolute Gasteiger partial charge is 0.196 e. The van der Waals surface area contributed by atoms with Gasteiger partial charge in [-0.15, -0.1) is 0 Å². The minimum Gasteiger partial charge on any atom is -0.508 e. The van der Waals surface area contributed by atoms with Crippen molar-refractivity contribution < 1.29 is 33.5 Å².